The van der Waals surface area contributed by atoms with E-state index in [1.807, 2.05) is 26.0 Å². The molecule has 5 heteroatoms. The van der Waals surface area contributed by atoms with Gasteiger partial charge >= 0.3 is 5.97 Å². The van der Waals surface area contributed by atoms with Crippen LogP contribution in [0.15, 0.2) is 16.5 Å². The summed E-state index contributed by atoms with van der Waals surface area (Å²) in [6.45, 7) is 5.75. The first kappa shape index (κ1) is 14.3. The standard InChI is InChI=1S/C13H19NO4/c1-4-17-13(16)8-7-12(15)14-10(3)11-6-5-9(2)18-11/h5-6,10H,4,7-8H2,1-3H3,(H,14,15). The maximum absolute atomic E-state index is 11.6. The minimum absolute atomic E-state index is 0.101. The first-order valence-electron chi connectivity index (χ1n) is 6.04. The number of ether oxygens (including phenoxy) is 1. The lowest BCUT2D eigenvalue weighted by Gasteiger charge is -2.11. The van der Waals surface area contributed by atoms with Crippen molar-refractivity contribution in [2.24, 2.45) is 0 Å². The molecule has 1 N–H and O–H groups in total. The van der Waals surface area contributed by atoms with Crippen molar-refractivity contribution < 1.29 is 18.7 Å². The number of furan rings is 1. The van der Waals surface area contributed by atoms with Gasteiger partial charge in [-0.3, -0.25) is 9.59 Å². The number of hydrogen-bond acceptors (Lipinski definition) is 4. The molecule has 1 aromatic rings. The fourth-order valence-corrected chi connectivity index (χ4v) is 1.52. The summed E-state index contributed by atoms with van der Waals surface area (Å²) in [6, 6.07) is 3.47. The third-order valence-electron chi connectivity index (χ3n) is 2.43. The van der Waals surface area contributed by atoms with Gasteiger partial charge in [-0.2, -0.15) is 0 Å². The van der Waals surface area contributed by atoms with Crippen molar-refractivity contribution in [1.29, 1.82) is 0 Å². The second kappa shape index (κ2) is 6.83. The Kier molecular flexibility index (Phi) is 5.42. The highest BCUT2D eigenvalue weighted by Crippen LogP contribution is 2.15. The van der Waals surface area contributed by atoms with Crippen LogP contribution < -0.4 is 5.32 Å². The maximum atomic E-state index is 11.6. The molecule has 0 aliphatic heterocycles. The van der Waals surface area contributed by atoms with Crippen LogP contribution in [0.1, 0.15) is 44.3 Å². The van der Waals surface area contributed by atoms with Gasteiger partial charge in [-0.05, 0) is 32.9 Å². The average Bonchev–Trinajstić information content (AvgIpc) is 2.74. The van der Waals surface area contributed by atoms with Gasteiger partial charge in [-0.15, -0.1) is 0 Å². The topological polar surface area (TPSA) is 68.5 Å². The normalized spacial score (nSPS) is 11.9. The van der Waals surface area contributed by atoms with Crippen molar-refractivity contribution in [3.63, 3.8) is 0 Å². The van der Waals surface area contributed by atoms with Gasteiger partial charge in [0.05, 0.1) is 19.1 Å². The highest BCUT2D eigenvalue weighted by Gasteiger charge is 2.13. The Bertz CT molecular complexity index is 411. The molecule has 1 amide bonds. The molecular formula is C13H19NO4. The van der Waals surface area contributed by atoms with Crippen LogP contribution in [0.3, 0.4) is 0 Å². The summed E-state index contributed by atoms with van der Waals surface area (Å²) in [5, 5.41) is 2.77. The first-order valence-corrected chi connectivity index (χ1v) is 6.04. The zero-order chi connectivity index (χ0) is 13.5. The number of carbonyl (C=O) groups excluding carboxylic acids is 2. The predicted octanol–water partition coefficient (Wildman–Crippen LogP) is 2.11. The third kappa shape index (κ3) is 4.61. The number of amides is 1. The monoisotopic (exact) mass is 253 g/mol. The predicted molar refractivity (Wildman–Crippen MR) is 65.9 cm³/mol. The molecule has 1 heterocycles. The van der Waals surface area contributed by atoms with Crippen molar-refractivity contribution in [2.45, 2.75) is 39.7 Å². The van der Waals surface area contributed by atoms with E-state index in [4.69, 9.17) is 9.15 Å². The van der Waals surface area contributed by atoms with E-state index in [1.165, 1.54) is 0 Å². The zero-order valence-corrected chi connectivity index (χ0v) is 11.0. The van der Waals surface area contributed by atoms with Crippen LogP contribution in [0, 0.1) is 6.92 Å². The highest BCUT2D eigenvalue weighted by molar-refractivity contribution is 5.81. The van der Waals surface area contributed by atoms with E-state index in [2.05, 4.69) is 5.32 Å². The van der Waals surface area contributed by atoms with Crippen LogP contribution in [0.5, 0.6) is 0 Å². The van der Waals surface area contributed by atoms with Gasteiger partial charge in [0.15, 0.2) is 0 Å². The molecular weight excluding hydrogens is 234 g/mol. The molecule has 1 atom stereocenters. The Balaban J connectivity index is 2.34. The van der Waals surface area contributed by atoms with Gasteiger partial charge in [0.2, 0.25) is 5.91 Å². The fraction of sp³-hybridized carbons (Fsp3) is 0.538. The summed E-state index contributed by atoms with van der Waals surface area (Å²) in [7, 11) is 0. The number of aryl methyl sites for hydroxylation is 1. The molecule has 0 saturated carbocycles. The summed E-state index contributed by atoms with van der Waals surface area (Å²) in [5.41, 5.74) is 0. The number of nitrogens with one attached hydrogen (secondary N) is 1. The summed E-state index contributed by atoms with van der Waals surface area (Å²) in [6.07, 6.45) is 0.229. The molecule has 0 saturated heterocycles. The fourth-order valence-electron chi connectivity index (χ4n) is 1.52. The minimum Gasteiger partial charge on any atom is -0.466 e. The van der Waals surface area contributed by atoms with Gasteiger partial charge in [0.25, 0.3) is 0 Å². The Hall–Kier alpha value is -1.78. The van der Waals surface area contributed by atoms with Crippen molar-refractivity contribution in [3.05, 3.63) is 23.7 Å². The molecule has 18 heavy (non-hydrogen) atoms. The van der Waals surface area contributed by atoms with Crippen molar-refractivity contribution in [3.8, 4) is 0 Å². The zero-order valence-electron chi connectivity index (χ0n) is 11.0. The van der Waals surface area contributed by atoms with Crippen LogP contribution in [-0.4, -0.2) is 18.5 Å². The number of rotatable bonds is 6. The van der Waals surface area contributed by atoms with Gasteiger partial charge in [-0.25, -0.2) is 0 Å². The van der Waals surface area contributed by atoms with Gasteiger partial charge < -0.3 is 14.5 Å². The van der Waals surface area contributed by atoms with E-state index in [0.29, 0.717) is 12.4 Å². The van der Waals surface area contributed by atoms with E-state index in [9.17, 15) is 9.59 Å². The number of esters is 1. The number of hydrogen-bond donors (Lipinski definition) is 1. The Morgan fingerprint density at radius 2 is 2.11 bits per heavy atom. The lowest BCUT2D eigenvalue weighted by molar-refractivity contribution is -0.144. The second-order valence-electron chi connectivity index (χ2n) is 4.04. The third-order valence-corrected chi connectivity index (χ3v) is 2.43. The average molecular weight is 253 g/mol. The quantitative estimate of drug-likeness (QED) is 0.788. The van der Waals surface area contributed by atoms with E-state index >= 15 is 0 Å². The molecule has 1 unspecified atom stereocenters. The molecule has 1 rings (SSSR count). The Labute approximate surface area is 106 Å². The molecule has 0 fully saturated rings. The first-order chi connectivity index (χ1) is 8.52. The van der Waals surface area contributed by atoms with Crippen LogP contribution in [0.2, 0.25) is 0 Å². The molecule has 1 aromatic heterocycles. The van der Waals surface area contributed by atoms with E-state index in [1.54, 1.807) is 6.92 Å². The van der Waals surface area contributed by atoms with Gasteiger partial charge in [-0.1, -0.05) is 0 Å². The van der Waals surface area contributed by atoms with Crippen LogP contribution >= 0.6 is 0 Å². The summed E-state index contributed by atoms with van der Waals surface area (Å²) >= 11 is 0. The number of carbonyl (C=O) groups is 2. The summed E-state index contributed by atoms with van der Waals surface area (Å²) in [4.78, 5) is 22.7. The van der Waals surface area contributed by atoms with E-state index in [0.717, 1.165) is 5.76 Å². The molecule has 0 aliphatic carbocycles. The molecule has 0 aliphatic rings. The summed E-state index contributed by atoms with van der Waals surface area (Å²) in [5.74, 6) is 0.966. The minimum atomic E-state index is -0.353. The van der Waals surface area contributed by atoms with Crippen LogP contribution in [-0.2, 0) is 14.3 Å². The van der Waals surface area contributed by atoms with Gasteiger partial charge in [0.1, 0.15) is 11.5 Å². The van der Waals surface area contributed by atoms with E-state index < -0.39 is 0 Å². The van der Waals surface area contributed by atoms with Crippen molar-refractivity contribution >= 4 is 11.9 Å². The highest BCUT2D eigenvalue weighted by atomic mass is 16.5. The van der Waals surface area contributed by atoms with Crippen molar-refractivity contribution in [2.75, 3.05) is 6.61 Å². The SMILES string of the molecule is CCOC(=O)CCC(=O)NC(C)c1ccc(C)o1. The smallest absolute Gasteiger partial charge is 0.306 e. The van der Waals surface area contributed by atoms with Crippen molar-refractivity contribution in [1.82, 2.24) is 5.32 Å². The largest absolute Gasteiger partial charge is 0.466 e. The Morgan fingerprint density at radius 1 is 1.39 bits per heavy atom. The van der Waals surface area contributed by atoms with Crippen LogP contribution in [0.4, 0.5) is 0 Å². The molecule has 100 valence electrons. The summed E-state index contributed by atoms with van der Waals surface area (Å²) < 4.78 is 10.2. The second-order valence-corrected chi connectivity index (χ2v) is 4.04. The molecule has 0 radical (unpaired) electrons. The maximum Gasteiger partial charge on any atom is 0.306 e. The van der Waals surface area contributed by atoms with E-state index in [-0.39, 0.29) is 30.8 Å². The molecule has 5 nitrogen and oxygen atoms in total. The molecule has 0 spiro atoms. The lowest BCUT2D eigenvalue weighted by Crippen LogP contribution is -2.26. The lowest BCUT2D eigenvalue weighted by atomic mass is 10.2. The van der Waals surface area contributed by atoms with Gasteiger partial charge in [0, 0.05) is 6.42 Å². The van der Waals surface area contributed by atoms with Crippen LogP contribution in [0.25, 0.3) is 0 Å². The molecule has 0 bridgehead atoms. The Morgan fingerprint density at radius 3 is 2.67 bits per heavy atom. The molecule has 0 aromatic carbocycles.